The molecule has 0 spiro atoms. The fraction of sp³-hybridized carbons (Fsp3) is 0.143. The summed E-state index contributed by atoms with van der Waals surface area (Å²) >= 11 is 0. The molecule has 0 saturated carbocycles. The largest absolute Gasteiger partial charge is 0.371 e. The Bertz CT molecular complexity index is 961. The van der Waals surface area contributed by atoms with E-state index in [-0.39, 0.29) is 24.0 Å². The van der Waals surface area contributed by atoms with Crippen molar-refractivity contribution in [1.29, 1.82) is 0 Å². The van der Waals surface area contributed by atoms with Gasteiger partial charge >= 0.3 is 0 Å². The minimum atomic E-state index is -0.375. The van der Waals surface area contributed by atoms with Crippen LogP contribution < -0.4 is 16.0 Å². The summed E-state index contributed by atoms with van der Waals surface area (Å²) in [6.45, 7) is 0.488. The maximum atomic E-state index is 13.2. The highest BCUT2D eigenvalue weighted by molar-refractivity contribution is 5.95. The van der Waals surface area contributed by atoms with Gasteiger partial charge in [-0.15, -0.1) is 0 Å². The van der Waals surface area contributed by atoms with E-state index in [1.807, 2.05) is 0 Å². The molecule has 1 amide bonds. The van der Waals surface area contributed by atoms with E-state index in [9.17, 15) is 13.6 Å². The van der Waals surface area contributed by atoms with Crippen molar-refractivity contribution in [2.45, 2.75) is 13.0 Å². The monoisotopic (exact) mass is 382 g/mol. The molecule has 3 rings (SSSR count). The zero-order valence-electron chi connectivity index (χ0n) is 15.3. The quantitative estimate of drug-likeness (QED) is 0.573. The molecule has 0 aliphatic heterocycles. The third-order valence-electron chi connectivity index (χ3n) is 4.05. The lowest BCUT2D eigenvalue weighted by Crippen LogP contribution is -2.16. The number of carbonyl (C=O) groups is 1. The van der Waals surface area contributed by atoms with Crippen molar-refractivity contribution in [1.82, 2.24) is 4.98 Å². The Morgan fingerprint density at radius 3 is 2.46 bits per heavy atom. The maximum absolute atomic E-state index is 13.2. The molecule has 7 heteroatoms. The van der Waals surface area contributed by atoms with Gasteiger partial charge in [0, 0.05) is 13.6 Å². The number of rotatable bonds is 7. The van der Waals surface area contributed by atoms with E-state index in [1.54, 1.807) is 43.4 Å². The summed E-state index contributed by atoms with van der Waals surface area (Å²) < 4.78 is 26.2. The molecule has 0 bridgehead atoms. The molecule has 2 aromatic carbocycles. The standard InChI is InChI=1S/C21H20F2N4O/c1-24-21-18(26-20(28)12-15-3-2-4-17(23)11-15)9-10-19(27-21)25-13-14-5-7-16(22)8-6-14/h2-11H,12-13H2,1H3,(H,26,28)(H2,24,25,27). The number of halogens is 2. The minimum Gasteiger partial charge on any atom is -0.371 e. The highest BCUT2D eigenvalue weighted by Gasteiger charge is 2.10. The van der Waals surface area contributed by atoms with Gasteiger partial charge in [-0.25, -0.2) is 13.8 Å². The van der Waals surface area contributed by atoms with Crippen molar-refractivity contribution in [2.75, 3.05) is 23.0 Å². The van der Waals surface area contributed by atoms with Crippen molar-refractivity contribution in [3.63, 3.8) is 0 Å². The fourth-order valence-corrected chi connectivity index (χ4v) is 2.67. The summed E-state index contributed by atoms with van der Waals surface area (Å²) in [5, 5.41) is 8.88. The van der Waals surface area contributed by atoms with Crippen LogP contribution in [0.4, 0.5) is 26.1 Å². The summed E-state index contributed by atoms with van der Waals surface area (Å²) in [6.07, 6.45) is 0.0610. The lowest BCUT2D eigenvalue weighted by molar-refractivity contribution is -0.115. The van der Waals surface area contributed by atoms with Gasteiger partial charge in [0.25, 0.3) is 0 Å². The zero-order valence-corrected chi connectivity index (χ0v) is 15.3. The highest BCUT2D eigenvalue weighted by Crippen LogP contribution is 2.22. The summed E-state index contributed by atoms with van der Waals surface area (Å²) in [6, 6.07) is 15.6. The fourth-order valence-electron chi connectivity index (χ4n) is 2.67. The molecule has 1 aromatic heterocycles. The molecule has 0 saturated heterocycles. The van der Waals surface area contributed by atoms with E-state index in [4.69, 9.17) is 0 Å². The van der Waals surface area contributed by atoms with Crippen molar-refractivity contribution < 1.29 is 13.6 Å². The minimum absolute atomic E-state index is 0.0610. The normalized spacial score (nSPS) is 10.4. The first-order valence-corrected chi connectivity index (χ1v) is 8.75. The molecule has 3 aromatic rings. The molecule has 0 aliphatic rings. The molecule has 1 heterocycles. The van der Waals surface area contributed by atoms with Gasteiger partial charge in [-0.1, -0.05) is 24.3 Å². The van der Waals surface area contributed by atoms with Crippen molar-refractivity contribution in [3.05, 3.63) is 83.4 Å². The number of hydrogen-bond donors (Lipinski definition) is 3. The van der Waals surface area contributed by atoms with Crippen molar-refractivity contribution in [3.8, 4) is 0 Å². The second-order valence-electron chi connectivity index (χ2n) is 6.18. The summed E-state index contributed by atoms with van der Waals surface area (Å²) in [7, 11) is 1.70. The third-order valence-corrected chi connectivity index (χ3v) is 4.05. The predicted molar refractivity (Wildman–Crippen MR) is 106 cm³/mol. The van der Waals surface area contributed by atoms with E-state index in [0.29, 0.717) is 29.4 Å². The van der Waals surface area contributed by atoms with E-state index >= 15 is 0 Å². The Balaban J connectivity index is 1.63. The second-order valence-corrected chi connectivity index (χ2v) is 6.18. The molecule has 0 unspecified atom stereocenters. The van der Waals surface area contributed by atoms with Crippen molar-refractivity contribution >= 4 is 23.2 Å². The van der Waals surface area contributed by atoms with Gasteiger partial charge in [-0.3, -0.25) is 4.79 Å². The number of nitrogens with zero attached hydrogens (tertiary/aromatic N) is 1. The van der Waals surface area contributed by atoms with E-state index in [1.165, 1.54) is 24.3 Å². The molecule has 0 fully saturated rings. The number of aromatic nitrogens is 1. The number of amides is 1. The Labute approximate surface area is 161 Å². The van der Waals surface area contributed by atoms with Crippen LogP contribution in [0.1, 0.15) is 11.1 Å². The molecule has 3 N–H and O–H groups in total. The van der Waals surface area contributed by atoms with Crippen LogP contribution in [0.2, 0.25) is 0 Å². The van der Waals surface area contributed by atoms with Gasteiger partial charge in [0.15, 0.2) is 5.82 Å². The van der Waals surface area contributed by atoms with Crippen LogP contribution in [0.15, 0.2) is 60.7 Å². The molecule has 5 nitrogen and oxygen atoms in total. The van der Waals surface area contributed by atoms with E-state index in [2.05, 4.69) is 20.9 Å². The molecular formula is C21H20F2N4O. The SMILES string of the molecule is CNc1nc(NCc2ccc(F)cc2)ccc1NC(=O)Cc1cccc(F)c1. The molecule has 28 heavy (non-hydrogen) atoms. The van der Waals surface area contributed by atoms with Gasteiger partial charge in [0.05, 0.1) is 12.1 Å². The second kappa shape index (κ2) is 8.94. The molecule has 0 aliphatic carbocycles. The lowest BCUT2D eigenvalue weighted by Gasteiger charge is -2.13. The average Bonchev–Trinajstić information content (AvgIpc) is 2.68. The van der Waals surface area contributed by atoms with Crippen LogP contribution >= 0.6 is 0 Å². The smallest absolute Gasteiger partial charge is 0.228 e. The van der Waals surface area contributed by atoms with Crippen LogP contribution in [0.5, 0.6) is 0 Å². The number of benzene rings is 2. The van der Waals surface area contributed by atoms with E-state index < -0.39 is 0 Å². The molecular weight excluding hydrogens is 362 g/mol. The van der Waals surface area contributed by atoms with Crippen molar-refractivity contribution in [2.24, 2.45) is 0 Å². The molecule has 0 atom stereocenters. The zero-order chi connectivity index (χ0) is 19.9. The summed E-state index contributed by atoms with van der Waals surface area (Å²) in [5.41, 5.74) is 2.03. The maximum Gasteiger partial charge on any atom is 0.228 e. The van der Waals surface area contributed by atoms with Crippen LogP contribution in [0.3, 0.4) is 0 Å². The predicted octanol–water partition coefficient (Wildman–Crippen LogP) is 4.19. The Hall–Kier alpha value is -3.48. The number of anilines is 3. The Morgan fingerprint density at radius 1 is 0.964 bits per heavy atom. The van der Waals surface area contributed by atoms with Crippen LogP contribution in [0, 0.1) is 11.6 Å². The average molecular weight is 382 g/mol. The summed E-state index contributed by atoms with van der Waals surface area (Å²) in [4.78, 5) is 16.7. The Morgan fingerprint density at radius 2 is 1.75 bits per heavy atom. The Kier molecular flexibility index (Phi) is 6.16. The first-order chi connectivity index (χ1) is 13.5. The number of carbonyl (C=O) groups excluding carboxylic acids is 1. The lowest BCUT2D eigenvalue weighted by atomic mass is 10.1. The van der Waals surface area contributed by atoms with E-state index in [0.717, 1.165) is 5.56 Å². The first-order valence-electron chi connectivity index (χ1n) is 8.75. The topological polar surface area (TPSA) is 66.1 Å². The van der Waals surface area contributed by atoms with Gasteiger partial charge < -0.3 is 16.0 Å². The highest BCUT2D eigenvalue weighted by atomic mass is 19.1. The number of hydrogen-bond acceptors (Lipinski definition) is 4. The van der Waals surface area contributed by atoms with Gasteiger partial charge in [-0.05, 0) is 47.5 Å². The number of nitrogens with one attached hydrogen (secondary N) is 3. The van der Waals surface area contributed by atoms with Gasteiger partial charge in [0.2, 0.25) is 5.91 Å². The first kappa shape index (κ1) is 19.3. The van der Waals surface area contributed by atoms with Gasteiger partial charge in [-0.2, -0.15) is 0 Å². The molecule has 144 valence electrons. The third kappa shape index (κ3) is 5.26. The van der Waals surface area contributed by atoms with Crippen LogP contribution in [-0.4, -0.2) is 17.9 Å². The van der Waals surface area contributed by atoms with Crippen LogP contribution in [0.25, 0.3) is 0 Å². The summed E-state index contributed by atoms with van der Waals surface area (Å²) in [5.74, 6) is 0.182. The van der Waals surface area contributed by atoms with Gasteiger partial charge in [0.1, 0.15) is 17.5 Å². The van der Waals surface area contributed by atoms with Crippen LogP contribution in [-0.2, 0) is 17.8 Å². The molecule has 0 radical (unpaired) electrons. The number of pyridine rings is 1.